The van der Waals surface area contributed by atoms with Gasteiger partial charge >= 0.3 is 6.03 Å². The van der Waals surface area contributed by atoms with Crippen molar-refractivity contribution in [3.63, 3.8) is 0 Å². The number of carbonyl (C=O) groups excluding carboxylic acids is 1. The Hall–Kier alpha value is -2.89. The Balaban J connectivity index is 1.08. The van der Waals surface area contributed by atoms with E-state index in [2.05, 4.69) is 51.1 Å². The van der Waals surface area contributed by atoms with E-state index in [1.807, 2.05) is 23.1 Å². The highest BCUT2D eigenvalue weighted by Gasteiger charge is 2.52. The van der Waals surface area contributed by atoms with E-state index in [-0.39, 0.29) is 24.2 Å². The zero-order valence-electron chi connectivity index (χ0n) is 19.6. The molecule has 1 N–H and O–H groups in total. The molecule has 0 radical (unpaired) electrons. The number of urea groups is 1. The molecule has 2 aromatic rings. The van der Waals surface area contributed by atoms with Gasteiger partial charge in [-0.15, -0.1) is 0 Å². The number of nitriles is 1. The fourth-order valence-corrected chi connectivity index (χ4v) is 6.01. The minimum Gasteiger partial charge on any atom is -0.337 e. The number of carbonyl (C=O) groups is 1. The second kappa shape index (κ2) is 9.05. The lowest BCUT2D eigenvalue weighted by Gasteiger charge is -2.59. The average molecular weight is 480 g/mol. The zero-order valence-corrected chi connectivity index (χ0v) is 20.4. The number of aromatic nitrogens is 2. The van der Waals surface area contributed by atoms with Crippen LogP contribution in [0, 0.1) is 16.7 Å². The number of hydrogen-bond acceptors (Lipinski definition) is 6. The quantitative estimate of drug-likeness (QED) is 0.724. The van der Waals surface area contributed by atoms with Crippen LogP contribution in [0.3, 0.4) is 0 Å². The van der Waals surface area contributed by atoms with Gasteiger partial charge in [0.05, 0.1) is 18.0 Å². The third-order valence-electron chi connectivity index (χ3n) is 7.33. The fourth-order valence-electron chi connectivity index (χ4n) is 5.89. The van der Waals surface area contributed by atoms with E-state index in [9.17, 15) is 4.79 Å². The van der Waals surface area contributed by atoms with Crippen LogP contribution in [0.4, 0.5) is 10.7 Å². The largest absolute Gasteiger partial charge is 0.337 e. The molecule has 1 spiro atoms. The molecule has 2 amide bonds. The van der Waals surface area contributed by atoms with Gasteiger partial charge < -0.3 is 15.1 Å². The molecule has 9 heteroatoms. The number of nitrogens with zero attached hydrogens (tertiary/aromatic N) is 6. The molecule has 8 nitrogen and oxygen atoms in total. The predicted molar refractivity (Wildman–Crippen MR) is 130 cm³/mol. The van der Waals surface area contributed by atoms with Gasteiger partial charge in [-0.05, 0) is 49.8 Å². The van der Waals surface area contributed by atoms with E-state index < -0.39 is 0 Å². The number of halogens is 1. The second-order valence-corrected chi connectivity index (χ2v) is 10.7. The minimum atomic E-state index is 0.0255. The summed E-state index contributed by atoms with van der Waals surface area (Å²) in [5.74, 6) is 0.604. The Labute approximate surface area is 205 Å². The van der Waals surface area contributed by atoms with E-state index in [1.54, 1.807) is 12.4 Å². The van der Waals surface area contributed by atoms with Gasteiger partial charge in [-0.25, -0.2) is 14.8 Å². The SMILES string of the molecule is C[C@@H]1CN(c2ncc(C#N)cn2)C[C@@H](C)N1C(=O)NC1CC2(C1)CN(Cc1ccc(Cl)cc1)C2. The van der Waals surface area contributed by atoms with Gasteiger partial charge in [0, 0.05) is 55.9 Å². The third-order valence-corrected chi connectivity index (χ3v) is 7.58. The maximum absolute atomic E-state index is 13.1. The summed E-state index contributed by atoms with van der Waals surface area (Å²) < 4.78 is 0. The average Bonchev–Trinajstić information content (AvgIpc) is 2.77. The number of benzene rings is 1. The summed E-state index contributed by atoms with van der Waals surface area (Å²) in [4.78, 5) is 28.2. The van der Waals surface area contributed by atoms with Crippen molar-refractivity contribution in [2.24, 2.45) is 5.41 Å². The molecule has 0 unspecified atom stereocenters. The van der Waals surface area contributed by atoms with Crippen LogP contribution in [0.2, 0.25) is 5.02 Å². The molecule has 178 valence electrons. The summed E-state index contributed by atoms with van der Waals surface area (Å²) >= 11 is 5.98. The van der Waals surface area contributed by atoms with Crippen molar-refractivity contribution in [1.29, 1.82) is 5.26 Å². The van der Waals surface area contributed by atoms with Crippen molar-refractivity contribution < 1.29 is 4.79 Å². The molecular weight excluding hydrogens is 450 g/mol. The van der Waals surface area contributed by atoms with Crippen LogP contribution < -0.4 is 10.2 Å². The number of likely N-dealkylation sites (tertiary alicyclic amines) is 1. The van der Waals surface area contributed by atoms with Crippen LogP contribution in [-0.4, -0.2) is 70.1 Å². The van der Waals surface area contributed by atoms with Crippen LogP contribution in [0.1, 0.15) is 37.8 Å². The van der Waals surface area contributed by atoms with Gasteiger partial charge in [0.1, 0.15) is 6.07 Å². The molecule has 0 bridgehead atoms. The van der Waals surface area contributed by atoms with Crippen LogP contribution >= 0.6 is 11.6 Å². The molecule has 2 atom stereocenters. The molecule has 1 aliphatic carbocycles. The maximum atomic E-state index is 13.1. The summed E-state index contributed by atoms with van der Waals surface area (Å²) in [5, 5.41) is 13.0. The van der Waals surface area contributed by atoms with Crippen molar-refractivity contribution in [3.05, 3.63) is 52.8 Å². The first kappa shape index (κ1) is 22.9. The Morgan fingerprint density at radius 1 is 1.15 bits per heavy atom. The van der Waals surface area contributed by atoms with E-state index >= 15 is 0 Å². The van der Waals surface area contributed by atoms with Gasteiger partial charge in [0.25, 0.3) is 0 Å². The molecule has 1 saturated carbocycles. The zero-order chi connectivity index (χ0) is 23.9. The molecule has 5 rings (SSSR count). The van der Waals surface area contributed by atoms with E-state index in [4.69, 9.17) is 16.9 Å². The van der Waals surface area contributed by atoms with Gasteiger partial charge in [-0.3, -0.25) is 4.90 Å². The van der Waals surface area contributed by atoms with Gasteiger partial charge in [-0.2, -0.15) is 5.26 Å². The highest BCUT2D eigenvalue weighted by atomic mass is 35.5. The van der Waals surface area contributed by atoms with Gasteiger partial charge in [0.15, 0.2) is 0 Å². The van der Waals surface area contributed by atoms with Crippen molar-refractivity contribution in [2.75, 3.05) is 31.1 Å². The molecule has 3 aliphatic rings. The first-order valence-electron chi connectivity index (χ1n) is 11.9. The number of hydrogen-bond donors (Lipinski definition) is 1. The second-order valence-electron chi connectivity index (χ2n) is 10.2. The first-order valence-corrected chi connectivity index (χ1v) is 12.2. The van der Waals surface area contributed by atoms with Crippen LogP contribution in [0.5, 0.6) is 0 Å². The molecule has 1 aromatic heterocycles. The van der Waals surface area contributed by atoms with Crippen molar-refractivity contribution >= 4 is 23.6 Å². The molecule has 3 heterocycles. The third kappa shape index (κ3) is 4.55. The van der Waals surface area contributed by atoms with Gasteiger partial charge in [0.2, 0.25) is 5.95 Å². The van der Waals surface area contributed by atoms with Crippen molar-refractivity contribution in [2.45, 2.75) is 51.4 Å². The number of rotatable bonds is 4. The van der Waals surface area contributed by atoms with Crippen LogP contribution in [0.15, 0.2) is 36.7 Å². The highest BCUT2D eigenvalue weighted by Crippen LogP contribution is 2.48. The fraction of sp³-hybridized carbons (Fsp3) is 0.520. The van der Waals surface area contributed by atoms with Crippen molar-refractivity contribution in [1.82, 2.24) is 25.1 Å². The molecule has 2 aliphatic heterocycles. The lowest BCUT2D eigenvalue weighted by atomic mass is 9.60. The molecule has 34 heavy (non-hydrogen) atoms. The predicted octanol–water partition coefficient (Wildman–Crippen LogP) is 3.27. The Bertz CT molecular complexity index is 1060. The maximum Gasteiger partial charge on any atom is 0.318 e. The van der Waals surface area contributed by atoms with Crippen LogP contribution in [0.25, 0.3) is 0 Å². The summed E-state index contributed by atoms with van der Waals surface area (Å²) in [6.07, 6.45) is 5.19. The van der Waals surface area contributed by atoms with E-state index in [0.29, 0.717) is 30.0 Å². The van der Waals surface area contributed by atoms with Crippen molar-refractivity contribution in [3.8, 4) is 6.07 Å². The number of nitrogens with one attached hydrogen (secondary N) is 1. The Kier molecular flexibility index (Phi) is 6.09. The van der Waals surface area contributed by atoms with E-state index in [0.717, 1.165) is 37.5 Å². The summed E-state index contributed by atoms with van der Waals surface area (Å²) in [7, 11) is 0. The van der Waals surface area contributed by atoms with Gasteiger partial charge in [-0.1, -0.05) is 23.7 Å². The topological polar surface area (TPSA) is 88.4 Å². The number of piperazine rings is 1. The van der Waals surface area contributed by atoms with E-state index in [1.165, 1.54) is 5.56 Å². The smallest absolute Gasteiger partial charge is 0.318 e. The van der Waals surface area contributed by atoms with Crippen LogP contribution in [-0.2, 0) is 6.54 Å². The summed E-state index contributed by atoms with van der Waals surface area (Å²) in [5.41, 5.74) is 2.10. The Morgan fingerprint density at radius 3 is 2.35 bits per heavy atom. The lowest BCUT2D eigenvalue weighted by molar-refractivity contribution is -0.0812. The Morgan fingerprint density at radius 2 is 1.76 bits per heavy atom. The minimum absolute atomic E-state index is 0.0255. The summed E-state index contributed by atoms with van der Waals surface area (Å²) in [6.45, 7) is 8.60. The normalized spacial score (nSPS) is 24.3. The summed E-state index contributed by atoms with van der Waals surface area (Å²) in [6, 6.07) is 10.5. The first-order chi connectivity index (χ1) is 16.3. The monoisotopic (exact) mass is 479 g/mol. The number of amides is 2. The molecule has 3 fully saturated rings. The lowest BCUT2D eigenvalue weighted by Crippen LogP contribution is -2.68. The highest BCUT2D eigenvalue weighted by molar-refractivity contribution is 6.30. The molecular formula is C25H30ClN7O. The molecule has 2 saturated heterocycles. The molecule has 1 aromatic carbocycles. The standard InChI is InChI=1S/C25H30ClN7O/c1-17-12-32(23-28-10-20(9-27)11-29-23)13-18(2)33(17)24(34)30-22-7-25(8-22)15-31(16-25)14-19-3-5-21(26)6-4-19/h3-6,10-11,17-18,22H,7-8,12-16H2,1-2H3,(H,30,34)/t17-,18-/m1/s1. The number of anilines is 1.